The van der Waals surface area contributed by atoms with Crippen LogP contribution in [-0.2, 0) is 0 Å². The van der Waals surface area contributed by atoms with Crippen molar-refractivity contribution in [2.24, 2.45) is 5.73 Å². The number of nitrogens with one attached hydrogen (secondary N) is 1. The topological polar surface area (TPSA) is 41.3 Å². The highest BCUT2D eigenvalue weighted by Crippen LogP contribution is 2.16. The van der Waals surface area contributed by atoms with Gasteiger partial charge in [-0.3, -0.25) is 0 Å². The summed E-state index contributed by atoms with van der Waals surface area (Å²) in [5.41, 5.74) is 7.63. The summed E-state index contributed by atoms with van der Waals surface area (Å²) < 4.78 is 0. The molecule has 1 aromatic carbocycles. The van der Waals surface area contributed by atoms with Crippen molar-refractivity contribution < 1.29 is 0 Å². The predicted molar refractivity (Wildman–Crippen MR) is 78.6 cm³/mol. The lowest BCUT2D eigenvalue weighted by molar-refractivity contribution is 0.390. The van der Waals surface area contributed by atoms with Crippen LogP contribution in [0.1, 0.15) is 18.9 Å². The lowest BCUT2D eigenvalue weighted by Gasteiger charge is -2.19. The van der Waals surface area contributed by atoms with Crippen molar-refractivity contribution >= 4 is 22.9 Å². The van der Waals surface area contributed by atoms with E-state index in [-0.39, 0.29) is 0 Å². The number of rotatable bonds is 6. The first kappa shape index (κ1) is 13.9. The summed E-state index contributed by atoms with van der Waals surface area (Å²) in [5, 5.41) is 3.45. The highest BCUT2D eigenvalue weighted by atomic mass is 32.1. The summed E-state index contributed by atoms with van der Waals surface area (Å²) in [7, 11) is 4.16. The van der Waals surface area contributed by atoms with Crippen LogP contribution < -0.4 is 11.1 Å². The van der Waals surface area contributed by atoms with E-state index in [1.165, 1.54) is 0 Å². The SMILES string of the molecule is CC(CCN(C)C)Nc1ccccc1C(N)=S. The summed E-state index contributed by atoms with van der Waals surface area (Å²) >= 11 is 5.04. The lowest BCUT2D eigenvalue weighted by Crippen LogP contribution is -2.24. The molecular weight excluding hydrogens is 230 g/mol. The summed E-state index contributed by atoms with van der Waals surface area (Å²) in [5.74, 6) is 0. The zero-order valence-electron chi connectivity index (χ0n) is 10.7. The van der Waals surface area contributed by atoms with Gasteiger partial charge in [0.15, 0.2) is 0 Å². The Kier molecular flexibility index (Phi) is 5.38. The van der Waals surface area contributed by atoms with Gasteiger partial charge >= 0.3 is 0 Å². The fourth-order valence-electron chi connectivity index (χ4n) is 1.61. The molecule has 0 amide bonds. The van der Waals surface area contributed by atoms with Gasteiger partial charge in [0, 0.05) is 17.3 Å². The molecule has 1 atom stereocenters. The van der Waals surface area contributed by atoms with E-state index in [2.05, 4.69) is 31.2 Å². The van der Waals surface area contributed by atoms with E-state index < -0.39 is 0 Å². The van der Waals surface area contributed by atoms with Crippen LogP contribution >= 0.6 is 12.2 Å². The van der Waals surface area contributed by atoms with Crippen LogP contribution in [0, 0.1) is 0 Å². The summed E-state index contributed by atoms with van der Waals surface area (Å²) in [4.78, 5) is 2.62. The lowest BCUT2D eigenvalue weighted by atomic mass is 10.1. The molecule has 0 aromatic heterocycles. The van der Waals surface area contributed by atoms with Crippen molar-refractivity contribution in [3.05, 3.63) is 29.8 Å². The number of hydrogen-bond acceptors (Lipinski definition) is 3. The average molecular weight is 251 g/mol. The second-order valence-corrected chi connectivity index (χ2v) is 4.99. The van der Waals surface area contributed by atoms with Crippen LogP contribution in [0.3, 0.4) is 0 Å². The number of para-hydroxylation sites is 1. The van der Waals surface area contributed by atoms with E-state index in [1.54, 1.807) is 0 Å². The molecule has 0 saturated heterocycles. The van der Waals surface area contributed by atoms with Crippen molar-refractivity contribution in [1.82, 2.24) is 4.90 Å². The number of benzene rings is 1. The Morgan fingerprint density at radius 2 is 2.06 bits per heavy atom. The minimum absolute atomic E-state index is 0.396. The third kappa shape index (κ3) is 4.71. The van der Waals surface area contributed by atoms with E-state index in [9.17, 15) is 0 Å². The first-order chi connectivity index (χ1) is 8.00. The largest absolute Gasteiger partial charge is 0.389 e. The number of nitrogens with two attached hydrogens (primary N) is 1. The highest BCUT2D eigenvalue weighted by molar-refractivity contribution is 7.80. The molecule has 3 N–H and O–H groups in total. The Morgan fingerprint density at radius 1 is 1.41 bits per heavy atom. The molecule has 0 heterocycles. The van der Waals surface area contributed by atoms with Gasteiger partial charge < -0.3 is 16.0 Å². The molecule has 0 aliphatic heterocycles. The molecule has 1 aromatic rings. The van der Waals surface area contributed by atoms with Gasteiger partial charge in [0.25, 0.3) is 0 Å². The molecule has 4 heteroatoms. The van der Waals surface area contributed by atoms with Crippen molar-refractivity contribution in [2.75, 3.05) is 26.0 Å². The summed E-state index contributed by atoms with van der Waals surface area (Å²) in [6.45, 7) is 3.23. The Morgan fingerprint density at radius 3 is 2.65 bits per heavy atom. The normalized spacial score (nSPS) is 12.5. The van der Waals surface area contributed by atoms with Gasteiger partial charge in [0.2, 0.25) is 0 Å². The van der Waals surface area contributed by atoms with Gasteiger partial charge in [-0.15, -0.1) is 0 Å². The molecular formula is C13H21N3S. The molecule has 3 nitrogen and oxygen atoms in total. The van der Waals surface area contributed by atoms with Crippen LogP contribution in [0.4, 0.5) is 5.69 Å². The number of nitrogens with zero attached hydrogens (tertiary/aromatic N) is 1. The maximum atomic E-state index is 5.70. The molecule has 0 aliphatic carbocycles. The standard InChI is InChI=1S/C13H21N3S/c1-10(8-9-16(2)3)15-12-7-5-4-6-11(12)13(14)17/h4-7,10,15H,8-9H2,1-3H3,(H2,14,17). The molecule has 0 bridgehead atoms. The molecule has 0 saturated carbocycles. The molecule has 1 unspecified atom stereocenters. The van der Waals surface area contributed by atoms with Gasteiger partial charge in [-0.1, -0.05) is 24.4 Å². The Balaban J connectivity index is 2.64. The molecule has 17 heavy (non-hydrogen) atoms. The molecule has 0 spiro atoms. The molecule has 0 fully saturated rings. The van der Waals surface area contributed by atoms with Crippen LogP contribution in [0.25, 0.3) is 0 Å². The fraction of sp³-hybridized carbons (Fsp3) is 0.462. The van der Waals surface area contributed by atoms with Gasteiger partial charge in [-0.2, -0.15) is 0 Å². The first-order valence-electron chi connectivity index (χ1n) is 5.81. The minimum atomic E-state index is 0.396. The van der Waals surface area contributed by atoms with E-state index in [0.717, 1.165) is 24.2 Å². The third-order valence-electron chi connectivity index (χ3n) is 2.60. The quantitative estimate of drug-likeness (QED) is 0.760. The number of hydrogen-bond donors (Lipinski definition) is 2. The van der Waals surface area contributed by atoms with Gasteiger partial charge in [-0.05, 0) is 46.1 Å². The maximum Gasteiger partial charge on any atom is 0.106 e. The zero-order valence-corrected chi connectivity index (χ0v) is 11.6. The number of anilines is 1. The van der Waals surface area contributed by atoms with Crippen LogP contribution in [0.15, 0.2) is 24.3 Å². The Hall–Kier alpha value is -1.13. The van der Waals surface area contributed by atoms with Gasteiger partial charge in [-0.25, -0.2) is 0 Å². The second kappa shape index (κ2) is 6.57. The monoisotopic (exact) mass is 251 g/mol. The fourth-order valence-corrected chi connectivity index (χ4v) is 1.79. The van der Waals surface area contributed by atoms with E-state index in [4.69, 9.17) is 18.0 Å². The smallest absolute Gasteiger partial charge is 0.106 e. The molecule has 94 valence electrons. The van der Waals surface area contributed by atoms with Gasteiger partial charge in [0.05, 0.1) is 0 Å². The average Bonchev–Trinajstić information content (AvgIpc) is 2.27. The highest BCUT2D eigenvalue weighted by Gasteiger charge is 2.07. The van der Waals surface area contributed by atoms with E-state index >= 15 is 0 Å². The number of thiocarbonyl (C=S) groups is 1. The van der Waals surface area contributed by atoms with Crippen molar-refractivity contribution in [3.8, 4) is 0 Å². The Bertz CT molecular complexity index is 377. The van der Waals surface area contributed by atoms with Crippen molar-refractivity contribution in [3.63, 3.8) is 0 Å². The van der Waals surface area contributed by atoms with Crippen molar-refractivity contribution in [2.45, 2.75) is 19.4 Å². The minimum Gasteiger partial charge on any atom is -0.389 e. The van der Waals surface area contributed by atoms with Crippen LogP contribution in [-0.4, -0.2) is 36.6 Å². The van der Waals surface area contributed by atoms with Gasteiger partial charge in [0.1, 0.15) is 4.99 Å². The molecule has 0 aliphatic rings. The van der Waals surface area contributed by atoms with Crippen molar-refractivity contribution in [1.29, 1.82) is 0 Å². The molecule has 1 rings (SSSR count). The predicted octanol–water partition coefficient (Wildman–Crippen LogP) is 2.07. The zero-order chi connectivity index (χ0) is 12.8. The third-order valence-corrected chi connectivity index (χ3v) is 2.82. The maximum absolute atomic E-state index is 5.70. The second-order valence-electron chi connectivity index (χ2n) is 4.55. The summed E-state index contributed by atoms with van der Waals surface area (Å²) in [6, 6.07) is 8.30. The molecule has 0 radical (unpaired) electrons. The van der Waals surface area contributed by atoms with E-state index in [1.807, 2.05) is 24.3 Å². The summed E-state index contributed by atoms with van der Waals surface area (Å²) in [6.07, 6.45) is 1.08. The first-order valence-corrected chi connectivity index (χ1v) is 6.21. The van der Waals surface area contributed by atoms with E-state index in [0.29, 0.717) is 11.0 Å². The Labute approximate surface area is 109 Å². The van der Waals surface area contributed by atoms with Crippen LogP contribution in [0.2, 0.25) is 0 Å². The van der Waals surface area contributed by atoms with Crippen LogP contribution in [0.5, 0.6) is 0 Å².